The minimum absolute atomic E-state index is 0.0439. The van der Waals surface area contributed by atoms with Crippen LogP contribution in [0.1, 0.15) is 18.0 Å². The maximum Gasteiger partial charge on any atom is 0.245 e. The molecule has 1 amide bonds. The van der Waals surface area contributed by atoms with Gasteiger partial charge in [0.25, 0.3) is 0 Å². The topological polar surface area (TPSA) is 51.0 Å². The van der Waals surface area contributed by atoms with Crippen LogP contribution < -0.4 is 0 Å². The summed E-state index contributed by atoms with van der Waals surface area (Å²) >= 11 is 1.63. The summed E-state index contributed by atoms with van der Waals surface area (Å²) in [5.74, 6) is 0.0439. The molecule has 0 aliphatic heterocycles. The van der Waals surface area contributed by atoms with Gasteiger partial charge in [-0.05, 0) is 31.2 Å². The fraction of sp³-hybridized carbons (Fsp3) is 0.211. The monoisotopic (exact) mass is 350 g/mol. The van der Waals surface area contributed by atoms with Gasteiger partial charge in [0.2, 0.25) is 5.91 Å². The van der Waals surface area contributed by atoms with Crippen LogP contribution in [0.4, 0.5) is 0 Å². The molecule has 0 unspecified atom stereocenters. The van der Waals surface area contributed by atoms with E-state index in [1.165, 1.54) is 0 Å². The number of amides is 1. The first-order valence-electron chi connectivity index (χ1n) is 8.14. The van der Waals surface area contributed by atoms with Crippen molar-refractivity contribution in [2.45, 2.75) is 19.5 Å². The molecule has 0 bridgehead atoms. The Balaban J connectivity index is 1.55. The number of nitrogens with zero attached hydrogens (tertiary/aromatic N) is 4. The highest BCUT2D eigenvalue weighted by atomic mass is 32.1. The number of hydrogen-bond acceptors (Lipinski definition) is 4. The number of benzene rings is 2. The van der Waals surface area contributed by atoms with E-state index in [1.54, 1.807) is 22.6 Å². The van der Waals surface area contributed by atoms with E-state index in [9.17, 15) is 4.79 Å². The van der Waals surface area contributed by atoms with Crippen LogP contribution in [0, 0.1) is 0 Å². The van der Waals surface area contributed by atoms with Gasteiger partial charge < -0.3 is 9.47 Å². The molecule has 4 rings (SSSR count). The molecular weight excluding hydrogens is 332 g/mol. The van der Waals surface area contributed by atoms with Gasteiger partial charge >= 0.3 is 0 Å². The van der Waals surface area contributed by atoms with Crippen molar-refractivity contribution >= 4 is 38.5 Å². The fourth-order valence-corrected chi connectivity index (χ4v) is 4.01. The Morgan fingerprint density at radius 1 is 1.16 bits per heavy atom. The van der Waals surface area contributed by atoms with Crippen molar-refractivity contribution in [3.8, 4) is 0 Å². The molecular formula is C19H18N4OS. The predicted molar refractivity (Wildman–Crippen MR) is 101 cm³/mol. The van der Waals surface area contributed by atoms with Gasteiger partial charge in [-0.2, -0.15) is 0 Å². The van der Waals surface area contributed by atoms with E-state index in [2.05, 4.69) is 16.0 Å². The van der Waals surface area contributed by atoms with Crippen LogP contribution in [0.5, 0.6) is 0 Å². The molecule has 0 saturated carbocycles. The second-order valence-corrected chi connectivity index (χ2v) is 7.20. The summed E-state index contributed by atoms with van der Waals surface area (Å²) in [6.45, 7) is 2.42. The smallest absolute Gasteiger partial charge is 0.245 e. The van der Waals surface area contributed by atoms with Gasteiger partial charge in [-0.3, -0.25) is 4.79 Å². The average Bonchev–Trinajstić information content (AvgIpc) is 3.23. The lowest BCUT2D eigenvalue weighted by Gasteiger charge is -2.21. The average molecular weight is 350 g/mol. The van der Waals surface area contributed by atoms with Crippen LogP contribution in [-0.2, 0) is 11.3 Å². The standard InChI is InChI=1S/C19H18N4OS/c1-13(23-12-20-14-7-3-5-9-16(14)23)19(24)22(2)11-18-21-15-8-4-6-10-17(15)25-18/h3-10,12-13H,11H2,1-2H3/t13-/m1/s1. The highest BCUT2D eigenvalue weighted by Crippen LogP contribution is 2.24. The summed E-state index contributed by atoms with van der Waals surface area (Å²) in [5.41, 5.74) is 2.85. The predicted octanol–water partition coefficient (Wildman–Crippen LogP) is 3.87. The maximum atomic E-state index is 12.9. The van der Waals surface area contributed by atoms with E-state index in [-0.39, 0.29) is 11.9 Å². The summed E-state index contributed by atoms with van der Waals surface area (Å²) in [6.07, 6.45) is 1.73. The molecule has 6 heteroatoms. The molecule has 25 heavy (non-hydrogen) atoms. The lowest BCUT2D eigenvalue weighted by atomic mass is 10.2. The molecule has 0 fully saturated rings. The number of fused-ring (bicyclic) bond motifs is 2. The maximum absolute atomic E-state index is 12.9. The van der Waals surface area contributed by atoms with Crippen LogP contribution in [0.2, 0.25) is 0 Å². The third kappa shape index (κ3) is 2.89. The van der Waals surface area contributed by atoms with Crippen LogP contribution >= 0.6 is 11.3 Å². The molecule has 0 saturated heterocycles. The summed E-state index contributed by atoms with van der Waals surface area (Å²) in [5, 5.41) is 0.944. The molecule has 2 aromatic carbocycles. The van der Waals surface area contributed by atoms with Crippen LogP contribution in [0.25, 0.3) is 21.3 Å². The Kier molecular flexibility index (Phi) is 3.97. The van der Waals surface area contributed by atoms with Crippen molar-refractivity contribution in [1.29, 1.82) is 0 Å². The number of rotatable bonds is 4. The molecule has 5 nitrogen and oxygen atoms in total. The Labute approximate surface area is 149 Å². The second-order valence-electron chi connectivity index (χ2n) is 6.09. The summed E-state index contributed by atoms with van der Waals surface area (Å²) < 4.78 is 3.07. The number of imidazole rings is 1. The summed E-state index contributed by atoms with van der Waals surface area (Å²) in [6, 6.07) is 15.6. The molecule has 0 N–H and O–H groups in total. The molecule has 0 radical (unpaired) electrons. The Morgan fingerprint density at radius 3 is 2.68 bits per heavy atom. The van der Waals surface area contributed by atoms with E-state index < -0.39 is 0 Å². The minimum atomic E-state index is -0.313. The molecule has 4 aromatic rings. The molecule has 0 spiro atoms. The van der Waals surface area contributed by atoms with Crippen molar-refractivity contribution < 1.29 is 4.79 Å². The molecule has 2 aromatic heterocycles. The number of hydrogen-bond donors (Lipinski definition) is 0. The Hall–Kier alpha value is -2.73. The number of likely N-dealkylation sites (N-methyl/N-ethyl adjacent to an activating group) is 1. The van der Waals surface area contributed by atoms with Crippen molar-refractivity contribution in [2.75, 3.05) is 7.05 Å². The molecule has 0 aliphatic carbocycles. The van der Waals surface area contributed by atoms with Crippen LogP contribution in [0.3, 0.4) is 0 Å². The van der Waals surface area contributed by atoms with Crippen molar-refractivity contribution in [3.63, 3.8) is 0 Å². The van der Waals surface area contributed by atoms with E-state index in [1.807, 2.05) is 61.0 Å². The zero-order valence-corrected chi connectivity index (χ0v) is 14.9. The Bertz CT molecular complexity index is 1020. The van der Waals surface area contributed by atoms with E-state index in [0.717, 1.165) is 26.3 Å². The Morgan fingerprint density at radius 2 is 1.88 bits per heavy atom. The largest absolute Gasteiger partial charge is 0.337 e. The van der Waals surface area contributed by atoms with Gasteiger partial charge in [-0.1, -0.05) is 24.3 Å². The zero-order chi connectivity index (χ0) is 17.4. The lowest BCUT2D eigenvalue weighted by molar-refractivity contribution is -0.133. The highest BCUT2D eigenvalue weighted by molar-refractivity contribution is 7.18. The van der Waals surface area contributed by atoms with E-state index >= 15 is 0 Å². The van der Waals surface area contributed by atoms with Gasteiger partial charge in [0.05, 0.1) is 34.1 Å². The zero-order valence-electron chi connectivity index (χ0n) is 14.1. The van der Waals surface area contributed by atoms with Crippen molar-refractivity contribution in [2.24, 2.45) is 0 Å². The fourth-order valence-electron chi connectivity index (χ4n) is 2.99. The van der Waals surface area contributed by atoms with Gasteiger partial charge in [0, 0.05) is 7.05 Å². The molecule has 0 aliphatic rings. The normalized spacial score (nSPS) is 12.6. The molecule has 126 valence electrons. The number of aromatic nitrogens is 3. The van der Waals surface area contributed by atoms with Gasteiger partial charge in [0.15, 0.2) is 0 Å². The van der Waals surface area contributed by atoms with Gasteiger partial charge in [-0.15, -0.1) is 11.3 Å². The second kappa shape index (κ2) is 6.29. The first-order valence-corrected chi connectivity index (χ1v) is 8.96. The number of thiazole rings is 1. The van der Waals surface area contributed by atoms with Gasteiger partial charge in [-0.25, -0.2) is 9.97 Å². The minimum Gasteiger partial charge on any atom is -0.337 e. The number of carbonyl (C=O) groups is 1. The number of carbonyl (C=O) groups excluding carboxylic acids is 1. The third-order valence-electron chi connectivity index (χ3n) is 4.34. The van der Waals surface area contributed by atoms with Crippen molar-refractivity contribution in [1.82, 2.24) is 19.4 Å². The molecule has 1 atom stereocenters. The molecule has 2 heterocycles. The van der Waals surface area contributed by atoms with E-state index in [0.29, 0.717) is 6.54 Å². The third-order valence-corrected chi connectivity index (χ3v) is 5.36. The van der Waals surface area contributed by atoms with Gasteiger partial charge in [0.1, 0.15) is 11.0 Å². The van der Waals surface area contributed by atoms with E-state index in [4.69, 9.17) is 0 Å². The van der Waals surface area contributed by atoms with Crippen LogP contribution in [-0.4, -0.2) is 32.4 Å². The summed E-state index contributed by atoms with van der Waals surface area (Å²) in [4.78, 5) is 23.6. The summed E-state index contributed by atoms with van der Waals surface area (Å²) in [7, 11) is 1.82. The first-order chi connectivity index (χ1) is 12.1. The quantitative estimate of drug-likeness (QED) is 0.561. The SMILES string of the molecule is C[C@H](C(=O)N(C)Cc1nc2ccccc2s1)n1cnc2ccccc21. The number of para-hydroxylation sites is 3. The lowest BCUT2D eigenvalue weighted by Crippen LogP contribution is -2.32. The first kappa shape index (κ1) is 15.8. The highest BCUT2D eigenvalue weighted by Gasteiger charge is 2.21. The van der Waals surface area contributed by atoms with Crippen molar-refractivity contribution in [3.05, 3.63) is 59.9 Å². The van der Waals surface area contributed by atoms with Crippen LogP contribution in [0.15, 0.2) is 54.9 Å².